The molecule has 0 saturated carbocycles. The van der Waals surface area contributed by atoms with Gasteiger partial charge in [-0.25, -0.2) is 0 Å². The van der Waals surface area contributed by atoms with E-state index in [9.17, 15) is 22.8 Å². The van der Waals surface area contributed by atoms with Gasteiger partial charge in [0.05, 0.1) is 24.0 Å². The van der Waals surface area contributed by atoms with Crippen LogP contribution in [0.15, 0.2) is 72.8 Å². The topological polar surface area (TPSA) is 49.9 Å². The highest BCUT2D eigenvalue weighted by Crippen LogP contribution is 2.44. The molecule has 5 nitrogen and oxygen atoms in total. The molecule has 0 N–H and O–H groups in total. The lowest BCUT2D eigenvalue weighted by Gasteiger charge is -2.26. The summed E-state index contributed by atoms with van der Waals surface area (Å²) in [4.78, 5) is 30.0. The average molecular weight is 454 g/mol. The minimum absolute atomic E-state index is 0.00670. The molecule has 1 heterocycles. The number of hydrogen-bond donors (Lipinski definition) is 0. The summed E-state index contributed by atoms with van der Waals surface area (Å²) in [6, 6.07) is 18.0. The molecule has 170 valence electrons. The first-order chi connectivity index (χ1) is 15.8. The van der Waals surface area contributed by atoms with Crippen LogP contribution in [0.4, 0.5) is 30.2 Å². The molecule has 1 aliphatic rings. The Bertz CT molecular complexity index is 1180. The van der Waals surface area contributed by atoms with Crippen molar-refractivity contribution in [2.75, 3.05) is 23.5 Å². The Kier molecular flexibility index (Phi) is 5.84. The van der Waals surface area contributed by atoms with Crippen molar-refractivity contribution < 1.29 is 27.5 Å². The van der Waals surface area contributed by atoms with Gasteiger partial charge in [-0.2, -0.15) is 13.2 Å². The Hall–Kier alpha value is -3.81. The Labute approximate surface area is 189 Å². The number of nitrogens with zero attached hydrogens (tertiary/aromatic N) is 2. The number of halogens is 3. The van der Waals surface area contributed by atoms with Crippen LogP contribution in [0, 0.1) is 0 Å². The number of benzene rings is 3. The summed E-state index contributed by atoms with van der Waals surface area (Å²) in [6.45, 7) is 1.90. The predicted molar refractivity (Wildman–Crippen MR) is 119 cm³/mol. The van der Waals surface area contributed by atoms with Crippen molar-refractivity contribution in [3.8, 4) is 5.75 Å². The first-order valence-corrected chi connectivity index (χ1v) is 10.3. The molecule has 3 aromatic carbocycles. The van der Waals surface area contributed by atoms with Gasteiger partial charge in [0.1, 0.15) is 11.7 Å². The molecule has 0 bridgehead atoms. The summed E-state index contributed by atoms with van der Waals surface area (Å²) in [7, 11) is 1.50. The molecule has 0 saturated heterocycles. The third kappa shape index (κ3) is 4.04. The van der Waals surface area contributed by atoms with Crippen molar-refractivity contribution in [3.63, 3.8) is 0 Å². The van der Waals surface area contributed by atoms with Crippen LogP contribution in [-0.2, 0) is 15.8 Å². The minimum Gasteiger partial charge on any atom is -0.497 e. The lowest BCUT2D eigenvalue weighted by atomic mass is 9.96. The molecule has 1 atom stereocenters. The van der Waals surface area contributed by atoms with Crippen LogP contribution in [0.1, 0.15) is 24.0 Å². The second kappa shape index (κ2) is 8.61. The highest BCUT2D eigenvalue weighted by atomic mass is 19.4. The second-order valence-corrected chi connectivity index (χ2v) is 7.50. The fourth-order valence-electron chi connectivity index (χ4n) is 3.99. The molecule has 1 unspecified atom stereocenters. The van der Waals surface area contributed by atoms with Gasteiger partial charge in [-0.15, -0.1) is 0 Å². The zero-order valence-electron chi connectivity index (χ0n) is 18.0. The second-order valence-electron chi connectivity index (χ2n) is 7.50. The van der Waals surface area contributed by atoms with Crippen molar-refractivity contribution in [2.45, 2.75) is 19.0 Å². The van der Waals surface area contributed by atoms with Crippen LogP contribution in [0.5, 0.6) is 5.75 Å². The summed E-state index contributed by atoms with van der Waals surface area (Å²) >= 11 is 0. The van der Waals surface area contributed by atoms with Gasteiger partial charge in [0.15, 0.2) is 0 Å². The summed E-state index contributed by atoms with van der Waals surface area (Å²) < 4.78 is 45.8. The monoisotopic (exact) mass is 454 g/mol. The van der Waals surface area contributed by atoms with Gasteiger partial charge in [0.2, 0.25) is 11.8 Å². The van der Waals surface area contributed by atoms with E-state index >= 15 is 0 Å². The SMILES string of the molecule is CCN1C(=O)C(c2ccc(OC)cc2)C(=O)N(c2ccccc2)c2cc(C(F)(F)F)ccc21. The number of amides is 2. The number of anilines is 3. The maximum absolute atomic E-state index is 13.9. The number of fused-ring (bicyclic) bond motifs is 1. The quantitative estimate of drug-likeness (QED) is 0.487. The number of likely N-dealkylation sites (N-methyl/N-ethyl adjacent to an activating group) is 1. The van der Waals surface area contributed by atoms with E-state index in [1.54, 1.807) is 61.5 Å². The van der Waals surface area contributed by atoms with Gasteiger partial charge in [-0.05, 0) is 55.0 Å². The Balaban J connectivity index is 1.97. The molecule has 3 aromatic rings. The standard InChI is InChI=1S/C25H21F3N2O3/c1-3-29-20-14-11-17(25(26,27)28)15-21(20)30(18-7-5-4-6-8-18)24(32)22(23(29)31)16-9-12-19(33-2)13-10-16/h4-15,22H,3H2,1-2H3. The summed E-state index contributed by atoms with van der Waals surface area (Å²) in [5.41, 5.74) is 0.138. The van der Waals surface area contributed by atoms with Crippen LogP contribution in [0.3, 0.4) is 0 Å². The molecule has 0 aliphatic carbocycles. The maximum Gasteiger partial charge on any atom is 0.416 e. The van der Waals surface area contributed by atoms with Crippen LogP contribution in [0.25, 0.3) is 0 Å². The van der Waals surface area contributed by atoms with Gasteiger partial charge in [-0.3, -0.25) is 14.5 Å². The Morgan fingerprint density at radius 3 is 2.12 bits per heavy atom. The van der Waals surface area contributed by atoms with E-state index in [1.807, 2.05) is 0 Å². The van der Waals surface area contributed by atoms with Gasteiger partial charge in [0.25, 0.3) is 0 Å². The van der Waals surface area contributed by atoms with Gasteiger partial charge in [-0.1, -0.05) is 30.3 Å². The fraction of sp³-hybridized carbons (Fsp3) is 0.200. The van der Waals surface area contributed by atoms with Gasteiger partial charge in [0, 0.05) is 12.2 Å². The summed E-state index contributed by atoms with van der Waals surface area (Å²) in [6.07, 6.45) is -4.61. The highest BCUT2D eigenvalue weighted by molar-refractivity contribution is 6.23. The van der Waals surface area contributed by atoms with Gasteiger partial charge >= 0.3 is 6.18 Å². The molecule has 0 aromatic heterocycles. The Morgan fingerprint density at radius 1 is 0.879 bits per heavy atom. The van der Waals surface area contributed by atoms with Crippen molar-refractivity contribution in [1.29, 1.82) is 0 Å². The number of rotatable bonds is 4. The van der Waals surface area contributed by atoms with E-state index in [0.717, 1.165) is 12.1 Å². The maximum atomic E-state index is 13.9. The molecule has 0 fully saturated rings. The van der Waals surface area contributed by atoms with Crippen LogP contribution in [0.2, 0.25) is 0 Å². The molecule has 33 heavy (non-hydrogen) atoms. The van der Waals surface area contributed by atoms with E-state index in [0.29, 0.717) is 17.0 Å². The number of methoxy groups -OCH3 is 1. The molecule has 8 heteroatoms. The zero-order chi connectivity index (χ0) is 23.8. The number of para-hydroxylation sites is 1. The molecular formula is C25H21F3N2O3. The smallest absolute Gasteiger partial charge is 0.416 e. The minimum atomic E-state index is -4.61. The number of ether oxygens (including phenoxy) is 1. The third-order valence-corrected chi connectivity index (χ3v) is 5.59. The molecule has 2 amide bonds. The molecule has 4 rings (SSSR count). The normalized spacial score (nSPS) is 16.5. The van der Waals surface area contributed by atoms with Crippen molar-refractivity contribution >= 4 is 28.9 Å². The summed E-state index contributed by atoms with van der Waals surface area (Å²) in [5.74, 6) is -1.82. The van der Waals surface area contributed by atoms with E-state index in [4.69, 9.17) is 4.74 Å². The van der Waals surface area contributed by atoms with Crippen molar-refractivity contribution in [3.05, 3.63) is 83.9 Å². The van der Waals surface area contributed by atoms with E-state index < -0.39 is 29.5 Å². The van der Waals surface area contributed by atoms with Crippen LogP contribution >= 0.6 is 0 Å². The first kappa shape index (κ1) is 22.4. The number of hydrogen-bond acceptors (Lipinski definition) is 3. The zero-order valence-corrected chi connectivity index (χ0v) is 18.0. The number of carbonyl (C=O) groups excluding carboxylic acids is 2. The van der Waals surface area contributed by atoms with E-state index in [-0.39, 0.29) is 17.9 Å². The highest BCUT2D eigenvalue weighted by Gasteiger charge is 2.42. The van der Waals surface area contributed by atoms with Crippen molar-refractivity contribution in [2.24, 2.45) is 0 Å². The van der Waals surface area contributed by atoms with Crippen LogP contribution < -0.4 is 14.5 Å². The average Bonchev–Trinajstić information content (AvgIpc) is 2.90. The molecule has 0 radical (unpaired) electrons. The summed E-state index contributed by atoms with van der Waals surface area (Å²) in [5, 5.41) is 0. The third-order valence-electron chi connectivity index (χ3n) is 5.59. The largest absolute Gasteiger partial charge is 0.497 e. The van der Waals surface area contributed by atoms with Crippen molar-refractivity contribution in [1.82, 2.24) is 0 Å². The number of carbonyl (C=O) groups is 2. The number of alkyl halides is 3. The van der Waals surface area contributed by atoms with Gasteiger partial charge < -0.3 is 9.64 Å². The predicted octanol–water partition coefficient (Wildman–Crippen LogP) is 5.53. The van der Waals surface area contributed by atoms with Crippen LogP contribution in [-0.4, -0.2) is 25.5 Å². The first-order valence-electron chi connectivity index (χ1n) is 10.3. The molecule has 1 aliphatic heterocycles. The molecular weight excluding hydrogens is 433 g/mol. The van der Waals surface area contributed by atoms with E-state index in [1.165, 1.54) is 23.0 Å². The lowest BCUT2D eigenvalue weighted by Crippen LogP contribution is -2.39. The molecule has 0 spiro atoms. The Morgan fingerprint density at radius 2 is 1.55 bits per heavy atom. The van der Waals surface area contributed by atoms with E-state index in [2.05, 4.69) is 0 Å². The lowest BCUT2D eigenvalue weighted by molar-refractivity contribution is -0.137. The fourth-order valence-corrected chi connectivity index (χ4v) is 3.99.